The van der Waals surface area contributed by atoms with E-state index in [0.29, 0.717) is 12.0 Å². The molecule has 5 rings (SSSR count). The molecule has 3 aliphatic heterocycles. The van der Waals surface area contributed by atoms with Crippen LogP contribution in [0.25, 0.3) is 0 Å². The lowest BCUT2D eigenvalue weighted by Gasteiger charge is -2.36. The van der Waals surface area contributed by atoms with E-state index in [4.69, 9.17) is 9.47 Å². The van der Waals surface area contributed by atoms with Gasteiger partial charge in [-0.1, -0.05) is 6.07 Å². The number of thiazole rings is 1. The monoisotopic (exact) mass is 399 g/mol. The molecule has 6 heteroatoms. The Bertz CT molecular complexity index is 776. The molecular weight excluding hydrogens is 370 g/mol. The molecular formula is C22H29N3O2S. The Morgan fingerprint density at radius 3 is 2.96 bits per heavy atom. The van der Waals surface area contributed by atoms with Gasteiger partial charge in [0.15, 0.2) is 0 Å². The van der Waals surface area contributed by atoms with Gasteiger partial charge >= 0.3 is 0 Å². The summed E-state index contributed by atoms with van der Waals surface area (Å²) in [4.78, 5) is 9.74. The lowest BCUT2D eigenvalue weighted by atomic mass is 9.85. The average molecular weight is 400 g/mol. The summed E-state index contributed by atoms with van der Waals surface area (Å²) in [6, 6.07) is 7.34. The topological polar surface area (TPSA) is 37.8 Å². The van der Waals surface area contributed by atoms with Crippen molar-refractivity contribution in [2.45, 2.75) is 31.2 Å². The van der Waals surface area contributed by atoms with Gasteiger partial charge in [-0.3, -0.25) is 9.80 Å². The lowest BCUT2D eigenvalue weighted by Crippen LogP contribution is -2.37. The molecule has 1 aromatic carbocycles. The predicted octanol–water partition coefficient (Wildman–Crippen LogP) is 3.53. The molecule has 0 unspecified atom stereocenters. The molecule has 0 saturated carbocycles. The highest BCUT2D eigenvalue weighted by molar-refractivity contribution is 7.09. The van der Waals surface area contributed by atoms with Gasteiger partial charge in [-0.2, -0.15) is 0 Å². The van der Waals surface area contributed by atoms with E-state index in [2.05, 4.69) is 38.4 Å². The van der Waals surface area contributed by atoms with E-state index >= 15 is 0 Å². The number of hydrogen-bond acceptors (Lipinski definition) is 6. The molecule has 2 saturated heterocycles. The first kappa shape index (κ1) is 18.6. The van der Waals surface area contributed by atoms with E-state index in [1.54, 1.807) is 11.3 Å². The standard InChI is InChI=1S/C22H29N3O2S/c1-3-21-19-15-17(27-11-2-7-24-9-12-26-13-10-24)4-5-18(19)20(16-25(21)8-1)22-23-6-14-28-22/h4-6,14-15,20-21H,1-3,7-13,16H2/t20-,21+/m0/s1. The second kappa shape index (κ2) is 8.49. The van der Waals surface area contributed by atoms with Crippen LogP contribution in [0.1, 0.15) is 47.4 Å². The van der Waals surface area contributed by atoms with Gasteiger partial charge in [0, 0.05) is 49.7 Å². The molecule has 0 N–H and O–H groups in total. The Balaban J connectivity index is 1.27. The largest absolute Gasteiger partial charge is 0.494 e. The fraction of sp³-hybridized carbons (Fsp3) is 0.591. The van der Waals surface area contributed by atoms with E-state index in [1.807, 2.05) is 6.20 Å². The van der Waals surface area contributed by atoms with Gasteiger partial charge < -0.3 is 9.47 Å². The first-order chi connectivity index (χ1) is 13.9. The van der Waals surface area contributed by atoms with Crippen molar-refractivity contribution in [1.82, 2.24) is 14.8 Å². The van der Waals surface area contributed by atoms with Gasteiger partial charge in [-0.15, -0.1) is 11.3 Å². The summed E-state index contributed by atoms with van der Waals surface area (Å²) in [5.74, 6) is 1.42. The minimum absolute atomic E-state index is 0.403. The van der Waals surface area contributed by atoms with E-state index in [1.165, 1.54) is 35.5 Å². The fourth-order valence-corrected chi connectivity index (χ4v) is 5.65. The Morgan fingerprint density at radius 2 is 2.11 bits per heavy atom. The minimum Gasteiger partial charge on any atom is -0.494 e. The third-order valence-corrected chi connectivity index (χ3v) is 7.20. The molecule has 1 aromatic heterocycles. The van der Waals surface area contributed by atoms with Crippen LogP contribution in [0.2, 0.25) is 0 Å². The van der Waals surface area contributed by atoms with Gasteiger partial charge in [-0.25, -0.2) is 4.98 Å². The van der Waals surface area contributed by atoms with Gasteiger partial charge in [0.2, 0.25) is 0 Å². The van der Waals surface area contributed by atoms with Crippen LogP contribution in [0.4, 0.5) is 0 Å². The van der Waals surface area contributed by atoms with Gasteiger partial charge in [0.25, 0.3) is 0 Å². The normalized spacial score (nSPS) is 25.4. The van der Waals surface area contributed by atoms with Crippen LogP contribution < -0.4 is 4.74 Å². The fourth-order valence-electron chi connectivity index (χ4n) is 4.90. The SMILES string of the molecule is c1csc([C@H]2CN3CCC[C@@H]3c3cc(OCCCN4CCOCC4)ccc32)n1. The summed E-state index contributed by atoms with van der Waals surface area (Å²) in [5.41, 5.74) is 2.92. The molecule has 28 heavy (non-hydrogen) atoms. The number of rotatable bonds is 6. The van der Waals surface area contributed by atoms with Crippen molar-refractivity contribution >= 4 is 11.3 Å². The summed E-state index contributed by atoms with van der Waals surface area (Å²) < 4.78 is 11.6. The summed E-state index contributed by atoms with van der Waals surface area (Å²) >= 11 is 1.78. The van der Waals surface area contributed by atoms with Crippen molar-refractivity contribution in [2.24, 2.45) is 0 Å². The van der Waals surface area contributed by atoms with E-state index in [-0.39, 0.29) is 0 Å². The third-order valence-electron chi connectivity index (χ3n) is 6.31. The predicted molar refractivity (Wildman–Crippen MR) is 111 cm³/mol. The Kier molecular flexibility index (Phi) is 5.63. The van der Waals surface area contributed by atoms with Crippen molar-refractivity contribution in [3.8, 4) is 5.75 Å². The van der Waals surface area contributed by atoms with Gasteiger partial charge in [0.05, 0.1) is 19.8 Å². The maximum Gasteiger partial charge on any atom is 0.119 e. The Hall–Kier alpha value is -1.47. The zero-order valence-electron chi connectivity index (χ0n) is 16.4. The van der Waals surface area contributed by atoms with Crippen molar-refractivity contribution < 1.29 is 9.47 Å². The molecule has 0 amide bonds. The minimum atomic E-state index is 0.403. The molecule has 4 heterocycles. The van der Waals surface area contributed by atoms with Crippen molar-refractivity contribution in [3.63, 3.8) is 0 Å². The summed E-state index contributed by atoms with van der Waals surface area (Å²) in [6.45, 7) is 8.01. The van der Waals surface area contributed by atoms with Crippen LogP contribution >= 0.6 is 11.3 Å². The molecule has 2 atom stereocenters. The molecule has 0 bridgehead atoms. The summed E-state index contributed by atoms with van der Waals surface area (Å²) in [5, 5.41) is 3.34. The zero-order valence-corrected chi connectivity index (χ0v) is 17.2. The number of aromatic nitrogens is 1. The molecule has 0 radical (unpaired) electrons. The number of ether oxygens (including phenoxy) is 2. The number of benzene rings is 1. The van der Waals surface area contributed by atoms with Crippen LogP contribution in [-0.4, -0.2) is 67.3 Å². The quantitative estimate of drug-likeness (QED) is 0.695. The molecule has 2 fully saturated rings. The Labute approximate surface area is 171 Å². The summed E-state index contributed by atoms with van der Waals surface area (Å²) in [7, 11) is 0. The molecule has 3 aliphatic rings. The van der Waals surface area contributed by atoms with Gasteiger partial charge in [0.1, 0.15) is 10.8 Å². The van der Waals surface area contributed by atoms with Gasteiger partial charge in [-0.05, 0) is 49.1 Å². The zero-order chi connectivity index (χ0) is 18.8. The number of fused-ring (bicyclic) bond motifs is 3. The van der Waals surface area contributed by atoms with Crippen LogP contribution in [0.15, 0.2) is 29.8 Å². The number of hydrogen-bond donors (Lipinski definition) is 0. The van der Waals surface area contributed by atoms with E-state index in [9.17, 15) is 0 Å². The molecule has 0 spiro atoms. The summed E-state index contributed by atoms with van der Waals surface area (Å²) in [6.07, 6.45) is 5.55. The van der Waals surface area contributed by atoms with Crippen LogP contribution in [0, 0.1) is 0 Å². The number of nitrogens with zero attached hydrogens (tertiary/aromatic N) is 3. The Morgan fingerprint density at radius 1 is 1.18 bits per heavy atom. The highest BCUT2D eigenvalue weighted by Crippen LogP contribution is 2.45. The first-order valence-electron chi connectivity index (χ1n) is 10.6. The average Bonchev–Trinajstić information content (AvgIpc) is 3.43. The second-order valence-corrected chi connectivity index (χ2v) is 8.95. The maximum absolute atomic E-state index is 6.15. The second-order valence-electron chi connectivity index (χ2n) is 8.02. The highest BCUT2D eigenvalue weighted by atomic mass is 32.1. The van der Waals surface area contributed by atoms with Crippen molar-refractivity contribution in [3.05, 3.63) is 45.9 Å². The van der Waals surface area contributed by atoms with Crippen LogP contribution in [0.5, 0.6) is 5.75 Å². The van der Waals surface area contributed by atoms with Crippen molar-refractivity contribution in [2.75, 3.05) is 52.5 Å². The maximum atomic E-state index is 6.15. The highest BCUT2D eigenvalue weighted by Gasteiger charge is 2.37. The lowest BCUT2D eigenvalue weighted by molar-refractivity contribution is 0.0358. The molecule has 5 nitrogen and oxygen atoms in total. The smallest absolute Gasteiger partial charge is 0.119 e. The molecule has 2 aromatic rings. The van der Waals surface area contributed by atoms with E-state index < -0.39 is 0 Å². The van der Waals surface area contributed by atoms with Crippen LogP contribution in [-0.2, 0) is 4.74 Å². The first-order valence-corrected chi connectivity index (χ1v) is 11.5. The molecule has 150 valence electrons. The third kappa shape index (κ3) is 3.83. The van der Waals surface area contributed by atoms with E-state index in [0.717, 1.165) is 58.2 Å². The number of morpholine rings is 1. The van der Waals surface area contributed by atoms with Crippen LogP contribution in [0.3, 0.4) is 0 Å². The molecule has 0 aliphatic carbocycles. The van der Waals surface area contributed by atoms with Crippen molar-refractivity contribution in [1.29, 1.82) is 0 Å².